The van der Waals surface area contributed by atoms with Crippen LogP contribution in [0.5, 0.6) is 0 Å². The molecule has 0 saturated carbocycles. The Morgan fingerprint density at radius 3 is 2.43 bits per heavy atom. The maximum absolute atomic E-state index is 11.9. The lowest BCUT2D eigenvalue weighted by Gasteiger charge is -2.16. The van der Waals surface area contributed by atoms with Crippen molar-refractivity contribution in [3.63, 3.8) is 0 Å². The van der Waals surface area contributed by atoms with Crippen molar-refractivity contribution >= 4 is 17.7 Å². The number of amides is 1. The molecule has 1 atom stereocenters. The van der Waals surface area contributed by atoms with Crippen molar-refractivity contribution in [2.45, 2.75) is 32.7 Å². The molecule has 7 nitrogen and oxygen atoms in total. The molecule has 1 amide bonds. The molecular formula is C11H15F3N2O5. The largest absolute Gasteiger partial charge is 0.522 e. The molecule has 0 fully saturated rings. The molecule has 120 valence electrons. The topological polar surface area (TPSA) is 97.2 Å². The maximum atomic E-state index is 11.9. The van der Waals surface area contributed by atoms with E-state index >= 15 is 0 Å². The van der Waals surface area contributed by atoms with E-state index in [-0.39, 0.29) is 12.2 Å². The third-order valence-electron chi connectivity index (χ3n) is 1.99. The minimum atomic E-state index is -4.83. The van der Waals surface area contributed by atoms with Crippen LogP contribution >= 0.6 is 0 Å². The predicted molar refractivity (Wildman–Crippen MR) is 64.4 cm³/mol. The van der Waals surface area contributed by atoms with Crippen LogP contribution in [0.1, 0.15) is 20.3 Å². The number of esters is 1. The Balaban J connectivity index is 4.52. The number of amidine groups is 1. The number of rotatable bonds is 5. The van der Waals surface area contributed by atoms with Gasteiger partial charge in [0.15, 0.2) is 0 Å². The molecule has 0 aliphatic rings. The van der Waals surface area contributed by atoms with Crippen molar-refractivity contribution in [3.8, 4) is 0 Å². The average molecular weight is 312 g/mol. The quantitative estimate of drug-likeness (QED) is 0.199. The molecule has 2 N–H and O–H groups in total. The fourth-order valence-corrected chi connectivity index (χ4v) is 1.22. The lowest BCUT2D eigenvalue weighted by atomic mass is 10.1. The molecule has 1 unspecified atom stereocenters. The molecule has 0 spiro atoms. The summed E-state index contributed by atoms with van der Waals surface area (Å²) in [6.07, 6.45) is -6.62. The van der Waals surface area contributed by atoms with Gasteiger partial charge in [0, 0.05) is 12.0 Å². The van der Waals surface area contributed by atoms with E-state index in [1.54, 1.807) is 0 Å². The van der Waals surface area contributed by atoms with Crippen LogP contribution in [0, 0.1) is 0 Å². The summed E-state index contributed by atoms with van der Waals surface area (Å²) in [6.45, 7) is 5.83. The Labute approximate surface area is 118 Å². The van der Waals surface area contributed by atoms with Crippen LogP contribution < -0.4 is 5.32 Å². The van der Waals surface area contributed by atoms with E-state index < -0.39 is 36.6 Å². The number of hydrogen-bond acceptors (Lipinski definition) is 6. The van der Waals surface area contributed by atoms with Gasteiger partial charge in [0.05, 0.1) is 12.7 Å². The zero-order chi connectivity index (χ0) is 16.6. The van der Waals surface area contributed by atoms with E-state index in [0.717, 1.165) is 6.92 Å². The van der Waals surface area contributed by atoms with E-state index in [1.807, 2.05) is 5.32 Å². The standard InChI is InChI=1S/C11H15F3N2O5/c1-4-20-10(18)8(16-19)15-9(17)6(2)5-7(3)21-11(12,13)14/h7,19H,2,4-5H2,1,3H3,(H,15,16,17). The van der Waals surface area contributed by atoms with Gasteiger partial charge in [-0.25, -0.2) is 4.79 Å². The van der Waals surface area contributed by atoms with E-state index in [9.17, 15) is 22.8 Å². The Hall–Kier alpha value is -2.10. The second-order valence-corrected chi connectivity index (χ2v) is 3.81. The molecule has 0 aromatic heterocycles. The Bertz CT molecular complexity index is 434. The number of nitrogens with one attached hydrogen (secondary N) is 1. The SMILES string of the molecule is C=C(CC(C)OC(F)(F)F)C(=O)N/C(=N/O)C(=O)OCC. The van der Waals surface area contributed by atoms with Gasteiger partial charge in [0.2, 0.25) is 0 Å². The highest BCUT2D eigenvalue weighted by Gasteiger charge is 2.32. The van der Waals surface area contributed by atoms with Gasteiger partial charge in [-0.3, -0.25) is 14.8 Å². The van der Waals surface area contributed by atoms with E-state index in [4.69, 9.17) is 5.21 Å². The highest BCUT2D eigenvalue weighted by molar-refractivity contribution is 6.38. The molecule has 0 saturated heterocycles. The normalized spacial score (nSPS) is 13.5. The molecule has 0 aromatic carbocycles. The first-order valence-corrected chi connectivity index (χ1v) is 5.73. The van der Waals surface area contributed by atoms with Crippen LogP contribution in [0.25, 0.3) is 0 Å². The fraction of sp³-hybridized carbons (Fsp3) is 0.545. The second kappa shape index (κ2) is 8.25. The highest BCUT2D eigenvalue weighted by atomic mass is 19.4. The van der Waals surface area contributed by atoms with Crippen LogP contribution in [-0.4, -0.2) is 42.0 Å². The number of oxime groups is 1. The van der Waals surface area contributed by atoms with Crippen molar-refractivity contribution < 1.29 is 37.4 Å². The number of alkyl halides is 3. The lowest BCUT2D eigenvalue weighted by molar-refractivity contribution is -0.340. The molecule has 0 bridgehead atoms. The first-order chi connectivity index (χ1) is 9.60. The van der Waals surface area contributed by atoms with Gasteiger partial charge in [0.25, 0.3) is 11.7 Å². The molecule has 10 heteroatoms. The second-order valence-electron chi connectivity index (χ2n) is 3.81. The van der Waals surface area contributed by atoms with Crippen LogP contribution in [-0.2, 0) is 19.1 Å². The van der Waals surface area contributed by atoms with Gasteiger partial charge < -0.3 is 9.94 Å². The smallest absolute Gasteiger partial charge is 0.460 e. The zero-order valence-electron chi connectivity index (χ0n) is 11.4. The van der Waals surface area contributed by atoms with Gasteiger partial charge >= 0.3 is 12.3 Å². The summed E-state index contributed by atoms with van der Waals surface area (Å²) in [5.41, 5.74) is -0.294. The van der Waals surface area contributed by atoms with E-state index in [0.29, 0.717) is 0 Å². The summed E-state index contributed by atoms with van der Waals surface area (Å²) >= 11 is 0. The van der Waals surface area contributed by atoms with Gasteiger partial charge in [-0.05, 0) is 13.8 Å². The molecule has 0 aliphatic heterocycles. The summed E-state index contributed by atoms with van der Waals surface area (Å²) < 4.78 is 44.0. The minimum absolute atomic E-state index is 0.0227. The predicted octanol–water partition coefficient (Wildman–Crippen LogP) is 1.32. The van der Waals surface area contributed by atoms with E-state index in [2.05, 4.69) is 21.2 Å². The fourth-order valence-electron chi connectivity index (χ4n) is 1.22. The maximum Gasteiger partial charge on any atom is 0.522 e. The van der Waals surface area contributed by atoms with Gasteiger partial charge in [-0.2, -0.15) is 0 Å². The molecule has 0 aromatic rings. The van der Waals surface area contributed by atoms with Crippen LogP contribution in [0.4, 0.5) is 13.2 Å². The van der Waals surface area contributed by atoms with Crippen LogP contribution in [0.3, 0.4) is 0 Å². The summed E-state index contributed by atoms with van der Waals surface area (Å²) in [7, 11) is 0. The Morgan fingerprint density at radius 1 is 1.43 bits per heavy atom. The first-order valence-electron chi connectivity index (χ1n) is 5.73. The number of nitrogens with zero attached hydrogens (tertiary/aromatic N) is 1. The van der Waals surface area contributed by atoms with Crippen molar-refractivity contribution in [1.29, 1.82) is 0 Å². The number of halogens is 3. The lowest BCUT2D eigenvalue weighted by Crippen LogP contribution is -2.38. The molecule has 0 rings (SSSR count). The number of hydrogen-bond donors (Lipinski definition) is 2. The highest BCUT2D eigenvalue weighted by Crippen LogP contribution is 2.21. The summed E-state index contributed by atoms with van der Waals surface area (Å²) in [5.74, 6) is -2.89. The first kappa shape index (κ1) is 18.9. The third-order valence-corrected chi connectivity index (χ3v) is 1.99. The summed E-state index contributed by atoms with van der Waals surface area (Å²) in [6, 6.07) is 0. The van der Waals surface area contributed by atoms with Crippen molar-refractivity contribution in [2.24, 2.45) is 5.16 Å². The van der Waals surface area contributed by atoms with Crippen LogP contribution in [0.15, 0.2) is 17.3 Å². The number of carbonyl (C=O) groups is 2. The molecule has 0 heterocycles. The monoisotopic (exact) mass is 312 g/mol. The minimum Gasteiger partial charge on any atom is -0.460 e. The Kier molecular flexibility index (Phi) is 7.42. The van der Waals surface area contributed by atoms with Crippen molar-refractivity contribution in [1.82, 2.24) is 5.32 Å². The molecular weight excluding hydrogens is 297 g/mol. The summed E-state index contributed by atoms with van der Waals surface area (Å²) in [4.78, 5) is 22.8. The van der Waals surface area contributed by atoms with Gasteiger partial charge in [-0.15, -0.1) is 13.2 Å². The Morgan fingerprint density at radius 2 is 2.00 bits per heavy atom. The number of carbonyl (C=O) groups excluding carboxylic acids is 2. The molecule has 0 aliphatic carbocycles. The third kappa shape index (κ3) is 7.92. The zero-order valence-corrected chi connectivity index (χ0v) is 11.4. The van der Waals surface area contributed by atoms with Crippen molar-refractivity contribution in [3.05, 3.63) is 12.2 Å². The van der Waals surface area contributed by atoms with Crippen molar-refractivity contribution in [2.75, 3.05) is 6.61 Å². The summed E-state index contributed by atoms with van der Waals surface area (Å²) in [5, 5.41) is 13.0. The van der Waals surface area contributed by atoms with Crippen LogP contribution in [0.2, 0.25) is 0 Å². The molecule has 21 heavy (non-hydrogen) atoms. The average Bonchev–Trinajstić information content (AvgIpc) is 2.33. The van der Waals surface area contributed by atoms with E-state index in [1.165, 1.54) is 6.92 Å². The number of ether oxygens (including phenoxy) is 2. The van der Waals surface area contributed by atoms with Gasteiger partial charge in [0.1, 0.15) is 0 Å². The van der Waals surface area contributed by atoms with Gasteiger partial charge in [-0.1, -0.05) is 11.7 Å². The molecule has 0 radical (unpaired) electrons.